The molecule has 4 rings (SSSR count). The van der Waals surface area contributed by atoms with Crippen LogP contribution in [0.2, 0.25) is 10.0 Å². The normalized spacial score (nSPS) is 21.3. The van der Waals surface area contributed by atoms with E-state index >= 15 is 0 Å². The average molecular weight is 347 g/mol. The number of fused-ring (bicyclic) bond motifs is 3. The molecule has 2 heterocycles. The van der Waals surface area contributed by atoms with E-state index in [9.17, 15) is 0 Å². The third-order valence-electron chi connectivity index (χ3n) is 4.33. The molecule has 1 atom stereocenters. The van der Waals surface area contributed by atoms with E-state index in [2.05, 4.69) is 0 Å². The van der Waals surface area contributed by atoms with Crippen molar-refractivity contribution in [1.82, 2.24) is 5.01 Å². The first-order valence-corrected chi connectivity index (χ1v) is 8.31. The van der Waals surface area contributed by atoms with Crippen molar-refractivity contribution in [2.75, 3.05) is 0 Å². The van der Waals surface area contributed by atoms with E-state index in [1.54, 1.807) is 0 Å². The fraction of sp³-hybridized carbons (Fsp3) is 0.278. The first kappa shape index (κ1) is 14.9. The molecule has 23 heavy (non-hydrogen) atoms. The monoisotopic (exact) mass is 346 g/mol. The standard InChI is InChI=1S/C18H16Cl2N2O/c1-18(2)22-16(14-9-13(20)7-8-17(14)23-18)10-15(21-22)11-3-5-12(19)6-4-11/h3-9,16H,10H2,1-2H3/t16-/m1/s1. The third kappa shape index (κ3) is 2.48. The van der Waals surface area contributed by atoms with Crippen molar-refractivity contribution in [3.63, 3.8) is 0 Å². The number of benzene rings is 2. The van der Waals surface area contributed by atoms with Crippen LogP contribution in [0.3, 0.4) is 0 Å². The van der Waals surface area contributed by atoms with E-state index in [0.29, 0.717) is 5.02 Å². The van der Waals surface area contributed by atoms with Crippen LogP contribution < -0.4 is 4.74 Å². The van der Waals surface area contributed by atoms with Gasteiger partial charge in [0.05, 0.1) is 11.8 Å². The van der Waals surface area contributed by atoms with Crippen molar-refractivity contribution in [1.29, 1.82) is 0 Å². The topological polar surface area (TPSA) is 24.8 Å². The van der Waals surface area contributed by atoms with Crippen molar-refractivity contribution in [2.24, 2.45) is 5.10 Å². The van der Waals surface area contributed by atoms with Crippen LogP contribution in [-0.4, -0.2) is 16.4 Å². The molecular formula is C18H16Cl2N2O. The first-order chi connectivity index (χ1) is 10.9. The molecule has 0 amide bonds. The smallest absolute Gasteiger partial charge is 0.192 e. The van der Waals surface area contributed by atoms with Gasteiger partial charge in [-0.1, -0.05) is 35.3 Å². The molecule has 0 saturated carbocycles. The summed E-state index contributed by atoms with van der Waals surface area (Å²) in [5.41, 5.74) is 2.71. The van der Waals surface area contributed by atoms with E-state index in [1.165, 1.54) is 0 Å². The van der Waals surface area contributed by atoms with Gasteiger partial charge in [-0.25, -0.2) is 5.01 Å². The Labute approximate surface area is 145 Å². The highest BCUT2D eigenvalue weighted by molar-refractivity contribution is 6.31. The number of rotatable bonds is 1. The molecule has 0 bridgehead atoms. The van der Waals surface area contributed by atoms with E-state index in [-0.39, 0.29) is 6.04 Å². The van der Waals surface area contributed by atoms with Crippen LogP contribution in [0.4, 0.5) is 0 Å². The lowest BCUT2D eigenvalue weighted by molar-refractivity contribution is -0.0911. The zero-order valence-electron chi connectivity index (χ0n) is 12.9. The maximum absolute atomic E-state index is 6.18. The fourth-order valence-electron chi connectivity index (χ4n) is 3.25. The zero-order chi connectivity index (χ0) is 16.2. The van der Waals surface area contributed by atoms with E-state index in [1.807, 2.05) is 61.3 Å². The Morgan fingerprint density at radius 3 is 2.52 bits per heavy atom. The highest BCUT2D eigenvalue weighted by atomic mass is 35.5. The molecule has 3 nitrogen and oxygen atoms in total. The van der Waals surface area contributed by atoms with E-state index in [4.69, 9.17) is 33.0 Å². The quantitative estimate of drug-likeness (QED) is 0.702. The maximum Gasteiger partial charge on any atom is 0.192 e. The summed E-state index contributed by atoms with van der Waals surface area (Å²) in [7, 11) is 0. The highest BCUT2D eigenvalue weighted by Gasteiger charge is 2.44. The van der Waals surface area contributed by atoms with Gasteiger partial charge in [0.25, 0.3) is 0 Å². The minimum atomic E-state index is -0.500. The second-order valence-electron chi connectivity index (χ2n) is 6.35. The van der Waals surface area contributed by atoms with Crippen LogP contribution in [0.25, 0.3) is 0 Å². The molecule has 2 aromatic carbocycles. The Kier molecular flexibility index (Phi) is 3.33. The van der Waals surface area contributed by atoms with Crippen LogP contribution in [0.1, 0.15) is 37.4 Å². The number of hydrazone groups is 1. The zero-order valence-corrected chi connectivity index (χ0v) is 14.4. The van der Waals surface area contributed by atoms with Gasteiger partial charge in [0.1, 0.15) is 5.75 Å². The van der Waals surface area contributed by atoms with Gasteiger partial charge in [0, 0.05) is 22.0 Å². The van der Waals surface area contributed by atoms with Gasteiger partial charge >= 0.3 is 0 Å². The number of halogens is 2. The minimum absolute atomic E-state index is 0.137. The number of nitrogens with zero attached hydrogens (tertiary/aromatic N) is 2. The number of hydrogen-bond donors (Lipinski definition) is 0. The molecule has 0 radical (unpaired) electrons. The predicted octanol–water partition coefficient (Wildman–Crippen LogP) is 5.27. The van der Waals surface area contributed by atoms with E-state index < -0.39 is 5.72 Å². The molecule has 0 saturated heterocycles. The van der Waals surface area contributed by atoms with Gasteiger partial charge in [0.15, 0.2) is 5.72 Å². The molecule has 0 fully saturated rings. The van der Waals surface area contributed by atoms with Crippen LogP contribution in [0, 0.1) is 0 Å². The Hall–Kier alpha value is -1.71. The molecule has 0 N–H and O–H groups in total. The molecule has 2 aromatic rings. The predicted molar refractivity (Wildman–Crippen MR) is 93.3 cm³/mol. The highest BCUT2D eigenvalue weighted by Crippen LogP contribution is 2.47. The molecule has 2 aliphatic rings. The summed E-state index contributed by atoms with van der Waals surface area (Å²) in [6, 6.07) is 13.7. The lowest BCUT2D eigenvalue weighted by Gasteiger charge is -2.43. The van der Waals surface area contributed by atoms with Gasteiger partial charge in [-0.15, -0.1) is 0 Å². The van der Waals surface area contributed by atoms with Crippen molar-refractivity contribution in [3.8, 4) is 5.75 Å². The SMILES string of the molecule is CC1(C)Oc2ccc(Cl)cc2[C@H]2CC(c3ccc(Cl)cc3)=NN21. The minimum Gasteiger partial charge on any atom is -0.467 e. The Morgan fingerprint density at radius 1 is 1.09 bits per heavy atom. The molecule has 0 unspecified atom stereocenters. The lowest BCUT2D eigenvalue weighted by Crippen LogP contribution is -2.48. The summed E-state index contributed by atoms with van der Waals surface area (Å²) in [5.74, 6) is 0.883. The summed E-state index contributed by atoms with van der Waals surface area (Å²) < 4.78 is 6.13. The summed E-state index contributed by atoms with van der Waals surface area (Å²) in [4.78, 5) is 0. The van der Waals surface area contributed by atoms with Crippen molar-refractivity contribution in [2.45, 2.75) is 32.0 Å². The van der Waals surface area contributed by atoms with Gasteiger partial charge < -0.3 is 4.74 Å². The molecule has 0 spiro atoms. The van der Waals surface area contributed by atoms with Crippen LogP contribution in [-0.2, 0) is 0 Å². The molecule has 0 aromatic heterocycles. The second-order valence-corrected chi connectivity index (χ2v) is 7.22. The average Bonchev–Trinajstić information content (AvgIpc) is 2.95. The molecule has 0 aliphatic carbocycles. The van der Waals surface area contributed by atoms with Crippen molar-refractivity contribution in [3.05, 3.63) is 63.6 Å². The largest absolute Gasteiger partial charge is 0.467 e. The first-order valence-electron chi connectivity index (χ1n) is 7.55. The molecule has 5 heteroatoms. The van der Waals surface area contributed by atoms with Crippen LogP contribution >= 0.6 is 23.2 Å². The summed E-state index contributed by atoms with van der Waals surface area (Å²) in [5, 5.41) is 8.31. The van der Waals surface area contributed by atoms with E-state index in [0.717, 1.165) is 34.0 Å². The van der Waals surface area contributed by atoms with Gasteiger partial charge in [-0.3, -0.25) is 0 Å². The van der Waals surface area contributed by atoms with Gasteiger partial charge in [-0.2, -0.15) is 5.10 Å². The second kappa shape index (κ2) is 5.15. The van der Waals surface area contributed by atoms with Crippen LogP contribution in [0.5, 0.6) is 5.75 Å². The Balaban J connectivity index is 1.77. The van der Waals surface area contributed by atoms with Crippen molar-refractivity contribution >= 4 is 28.9 Å². The third-order valence-corrected chi connectivity index (χ3v) is 4.82. The number of hydrogen-bond acceptors (Lipinski definition) is 3. The molecular weight excluding hydrogens is 331 g/mol. The fourth-order valence-corrected chi connectivity index (χ4v) is 3.56. The van der Waals surface area contributed by atoms with Crippen molar-refractivity contribution < 1.29 is 4.74 Å². The summed E-state index contributed by atoms with van der Waals surface area (Å²) in [6.07, 6.45) is 0.821. The molecule has 118 valence electrons. The van der Waals surface area contributed by atoms with Crippen LogP contribution in [0.15, 0.2) is 47.6 Å². The Bertz CT molecular complexity index is 799. The van der Waals surface area contributed by atoms with Gasteiger partial charge in [-0.05, 0) is 49.7 Å². The lowest BCUT2D eigenvalue weighted by atomic mass is 9.95. The maximum atomic E-state index is 6.18. The summed E-state index contributed by atoms with van der Waals surface area (Å²) in [6.45, 7) is 4.07. The molecule has 2 aliphatic heterocycles. The summed E-state index contributed by atoms with van der Waals surface area (Å²) >= 11 is 12.2. The number of ether oxygens (including phenoxy) is 1. The Morgan fingerprint density at radius 2 is 1.78 bits per heavy atom. The van der Waals surface area contributed by atoms with Gasteiger partial charge in [0.2, 0.25) is 0 Å².